The van der Waals surface area contributed by atoms with Crippen LogP contribution in [-0.2, 0) is 11.3 Å². The van der Waals surface area contributed by atoms with E-state index >= 15 is 0 Å². The fraction of sp³-hybridized carbons (Fsp3) is 0.391. The van der Waals surface area contributed by atoms with Gasteiger partial charge in [0.05, 0.1) is 19.8 Å². The fourth-order valence-electron chi connectivity index (χ4n) is 3.04. The zero-order valence-corrected chi connectivity index (χ0v) is 17.1. The van der Waals surface area contributed by atoms with Crippen LogP contribution in [0.1, 0.15) is 31.9 Å². The Bertz CT molecular complexity index is 757. The zero-order valence-electron chi connectivity index (χ0n) is 17.1. The zero-order chi connectivity index (χ0) is 20.4. The molecule has 1 heterocycles. The van der Waals surface area contributed by atoms with E-state index in [1.165, 1.54) is 6.33 Å². The molecule has 1 aromatic heterocycles. The Labute approximate surface area is 167 Å². The Kier molecular flexibility index (Phi) is 8.85. The maximum absolute atomic E-state index is 9.66. The minimum atomic E-state index is -0.0875. The molecule has 0 spiro atoms. The second-order valence-electron chi connectivity index (χ2n) is 7.06. The summed E-state index contributed by atoms with van der Waals surface area (Å²) in [4.78, 5) is 8.03. The van der Waals surface area contributed by atoms with Gasteiger partial charge in [0.2, 0.25) is 0 Å². The number of aliphatic hydroxyl groups is 1. The van der Waals surface area contributed by atoms with Crippen molar-refractivity contribution in [3.05, 3.63) is 71.8 Å². The molecular weight excluding hydrogens is 352 g/mol. The van der Waals surface area contributed by atoms with E-state index in [2.05, 4.69) is 29.9 Å². The van der Waals surface area contributed by atoms with Crippen LogP contribution in [0.15, 0.2) is 60.7 Å². The molecule has 0 fully saturated rings. The van der Waals surface area contributed by atoms with Crippen molar-refractivity contribution in [1.29, 1.82) is 0 Å². The molecule has 0 unspecified atom stereocenters. The molecule has 0 aliphatic carbocycles. The van der Waals surface area contributed by atoms with Crippen molar-refractivity contribution in [2.75, 3.05) is 13.7 Å². The van der Waals surface area contributed by atoms with Gasteiger partial charge in [0.15, 0.2) is 0 Å². The number of aromatic nitrogens is 2. The van der Waals surface area contributed by atoms with Crippen LogP contribution in [0.5, 0.6) is 5.75 Å². The van der Waals surface area contributed by atoms with Gasteiger partial charge in [-0.15, -0.1) is 0 Å². The molecule has 1 aromatic carbocycles. The van der Waals surface area contributed by atoms with Crippen molar-refractivity contribution in [1.82, 2.24) is 9.97 Å². The topological polar surface area (TPSA) is 64.5 Å². The summed E-state index contributed by atoms with van der Waals surface area (Å²) in [6.45, 7) is 6.76. The van der Waals surface area contributed by atoms with Crippen molar-refractivity contribution >= 4 is 6.08 Å². The van der Waals surface area contributed by atoms with Crippen LogP contribution in [0, 0.1) is 11.8 Å². The van der Waals surface area contributed by atoms with Gasteiger partial charge in [-0.05, 0) is 24.6 Å². The van der Waals surface area contributed by atoms with E-state index in [4.69, 9.17) is 9.47 Å². The number of hydrogen-bond acceptors (Lipinski definition) is 5. The first-order chi connectivity index (χ1) is 13.5. The van der Waals surface area contributed by atoms with Crippen molar-refractivity contribution in [2.24, 2.45) is 11.8 Å². The van der Waals surface area contributed by atoms with E-state index in [0.717, 1.165) is 22.4 Å². The molecule has 0 bridgehead atoms. The summed E-state index contributed by atoms with van der Waals surface area (Å²) < 4.78 is 11.4. The largest absolute Gasteiger partial charge is 0.497 e. The van der Waals surface area contributed by atoms with Gasteiger partial charge < -0.3 is 14.6 Å². The number of hydrogen-bond donors (Lipinski definition) is 1. The van der Waals surface area contributed by atoms with E-state index in [-0.39, 0.29) is 24.5 Å². The predicted octanol–water partition coefficient (Wildman–Crippen LogP) is 4.29. The highest BCUT2D eigenvalue weighted by atomic mass is 16.5. The summed E-state index contributed by atoms with van der Waals surface area (Å²) in [6, 6.07) is 7.84. The molecule has 3 atom stereocenters. The highest BCUT2D eigenvalue weighted by Gasteiger charge is 2.23. The molecule has 5 heteroatoms. The number of rotatable bonds is 10. The van der Waals surface area contributed by atoms with Crippen LogP contribution in [0.25, 0.3) is 6.08 Å². The Morgan fingerprint density at radius 3 is 2.43 bits per heavy atom. The summed E-state index contributed by atoms with van der Waals surface area (Å²) in [5, 5.41) is 9.66. The van der Waals surface area contributed by atoms with Crippen LogP contribution in [0.4, 0.5) is 0 Å². The van der Waals surface area contributed by atoms with Crippen LogP contribution in [0.2, 0.25) is 0 Å². The Morgan fingerprint density at radius 2 is 1.82 bits per heavy atom. The number of methoxy groups -OCH3 is 1. The summed E-state index contributed by atoms with van der Waals surface area (Å²) in [6.07, 6.45) is 11.2. The van der Waals surface area contributed by atoms with E-state index in [1.54, 1.807) is 19.5 Å². The molecule has 0 radical (unpaired) electrons. The highest BCUT2D eigenvalue weighted by molar-refractivity contribution is 5.50. The maximum Gasteiger partial charge on any atom is 0.118 e. The Hall–Kier alpha value is -2.50. The summed E-state index contributed by atoms with van der Waals surface area (Å²) >= 11 is 0. The van der Waals surface area contributed by atoms with Crippen LogP contribution >= 0.6 is 0 Å². The molecule has 1 N–H and O–H groups in total. The van der Waals surface area contributed by atoms with Gasteiger partial charge in [0, 0.05) is 36.4 Å². The average molecular weight is 383 g/mol. The van der Waals surface area contributed by atoms with Gasteiger partial charge in [0.25, 0.3) is 0 Å². The molecule has 150 valence electrons. The summed E-state index contributed by atoms with van der Waals surface area (Å²) in [7, 11) is 1.65. The summed E-state index contributed by atoms with van der Waals surface area (Å²) in [5.41, 5.74) is 3.16. The molecular formula is C23H30N2O3. The third kappa shape index (κ3) is 6.91. The lowest BCUT2D eigenvalue weighted by Crippen LogP contribution is -2.30. The second-order valence-corrected chi connectivity index (χ2v) is 7.06. The summed E-state index contributed by atoms with van der Waals surface area (Å²) in [5.74, 6) is 1.01. The van der Waals surface area contributed by atoms with Crippen molar-refractivity contribution < 1.29 is 14.6 Å². The number of ether oxygens (including phenoxy) is 2. The third-order valence-electron chi connectivity index (χ3n) is 4.61. The fourth-order valence-corrected chi connectivity index (χ4v) is 3.04. The monoisotopic (exact) mass is 382 g/mol. The molecule has 0 aliphatic heterocycles. The lowest BCUT2D eigenvalue weighted by molar-refractivity contribution is -0.0309. The van der Waals surface area contributed by atoms with E-state index < -0.39 is 0 Å². The predicted molar refractivity (Wildman–Crippen MR) is 112 cm³/mol. The third-order valence-corrected chi connectivity index (χ3v) is 4.61. The second kappa shape index (κ2) is 11.4. The average Bonchev–Trinajstić information content (AvgIpc) is 2.73. The molecule has 28 heavy (non-hydrogen) atoms. The number of nitrogens with zero attached hydrogens (tertiary/aromatic N) is 2. The Morgan fingerprint density at radius 1 is 1.14 bits per heavy atom. The SMILES string of the molecule is COc1ccc(CO[C@@H]([C@H](C)/C=C(C)/C=C/c2cncnc2)[C@@H](C)CO)cc1. The van der Waals surface area contributed by atoms with E-state index in [9.17, 15) is 5.11 Å². The molecule has 0 amide bonds. The lowest BCUT2D eigenvalue weighted by Gasteiger charge is -2.27. The standard InChI is InChI=1S/C23H30N2O3/c1-17(5-6-21-12-24-16-25-13-21)11-18(2)23(19(3)14-26)28-15-20-7-9-22(27-4)10-8-20/h5-13,16,18-19,23,26H,14-15H2,1-4H3/b6-5+,17-11+/t18-,19+,23+/m1/s1. The molecule has 2 rings (SSSR count). The first-order valence-electron chi connectivity index (χ1n) is 9.50. The number of aliphatic hydroxyl groups excluding tert-OH is 1. The lowest BCUT2D eigenvalue weighted by atomic mass is 9.92. The highest BCUT2D eigenvalue weighted by Crippen LogP contribution is 2.22. The van der Waals surface area contributed by atoms with Gasteiger partial charge in [-0.2, -0.15) is 0 Å². The van der Waals surface area contributed by atoms with Gasteiger partial charge in [-0.3, -0.25) is 0 Å². The molecule has 5 nitrogen and oxygen atoms in total. The van der Waals surface area contributed by atoms with Gasteiger partial charge in [0.1, 0.15) is 12.1 Å². The van der Waals surface area contributed by atoms with Gasteiger partial charge >= 0.3 is 0 Å². The van der Waals surface area contributed by atoms with E-state index in [0.29, 0.717) is 6.61 Å². The maximum atomic E-state index is 9.66. The molecule has 0 saturated carbocycles. The van der Waals surface area contributed by atoms with Gasteiger partial charge in [-0.1, -0.05) is 49.8 Å². The van der Waals surface area contributed by atoms with Crippen LogP contribution in [0.3, 0.4) is 0 Å². The minimum Gasteiger partial charge on any atom is -0.497 e. The number of allylic oxidation sites excluding steroid dienone is 2. The molecule has 0 saturated heterocycles. The van der Waals surface area contributed by atoms with E-state index in [1.807, 2.05) is 43.3 Å². The first-order valence-corrected chi connectivity index (χ1v) is 9.50. The van der Waals surface area contributed by atoms with Crippen molar-refractivity contribution in [2.45, 2.75) is 33.5 Å². The number of benzene rings is 1. The minimum absolute atomic E-state index is 0.0313. The van der Waals surface area contributed by atoms with Crippen molar-refractivity contribution in [3.8, 4) is 5.75 Å². The van der Waals surface area contributed by atoms with Crippen molar-refractivity contribution in [3.63, 3.8) is 0 Å². The quantitative estimate of drug-likeness (QED) is 0.621. The van der Waals surface area contributed by atoms with Crippen LogP contribution < -0.4 is 4.74 Å². The molecule has 2 aromatic rings. The van der Waals surface area contributed by atoms with Gasteiger partial charge in [-0.25, -0.2) is 9.97 Å². The first kappa shape index (κ1) is 21.8. The van der Waals surface area contributed by atoms with Crippen LogP contribution in [-0.4, -0.2) is 34.9 Å². The molecule has 0 aliphatic rings. The Balaban J connectivity index is 2.02. The smallest absolute Gasteiger partial charge is 0.118 e. The normalized spacial score (nSPS) is 15.4.